The van der Waals surface area contributed by atoms with Gasteiger partial charge in [-0.15, -0.1) is 0 Å². The maximum absolute atomic E-state index is 12.3. The molecule has 2 N–H and O–H groups in total. The lowest BCUT2D eigenvalue weighted by Crippen LogP contribution is -2.25. The molecule has 1 amide bonds. The molecule has 1 saturated carbocycles. The second kappa shape index (κ2) is 8.66. The second-order valence-corrected chi connectivity index (χ2v) is 9.91. The van der Waals surface area contributed by atoms with E-state index in [1.165, 1.54) is 0 Å². The van der Waals surface area contributed by atoms with Crippen molar-refractivity contribution in [1.29, 1.82) is 0 Å². The molecule has 2 aromatic heterocycles. The molecular weight excluding hydrogens is 398 g/mol. The minimum absolute atomic E-state index is 0.0127. The standard InChI is InChI=1S/C26H31N5O/c1-17(2)14-27-23-24-28-15-22(31(24)16-21(29-23)12-13-26(3,4)5)18-6-8-19(9-7-18)25(32)30-20-10-11-20/h6-9,15-17,20H,10-11,14H2,1-5H3,(H,27,29)(H,30,32). The van der Waals surface area contributed by atoms with E-state index in [0.717, 1.165) is 42.1 Å². The Morgan fingerprint density at radius 2 is 1.94 bits per heavy atom. The molecule has 6 heteroatoms. The van der Waals surface area contributed by atoms with Crippen LogP contribution in [0.3, 0.4) is 0 Å². The summed E-state index contributed by atoms with van der Waals surface area (Å²) in [5.74, 6) is 7.68. The van der Waals surface area contributed by atoms with Crippen LogP contribution in [-0.2, 0) is 0 Å². The number of carbonyl (C=O) groups excluding carboxylic acids is 1. The van der Waals surface area contributed by atoms with Gasteiger partial charge >= 0.3 is 0 Å². The Morgan fingerprint density at radius 1 is 1.22 bits per heavy atom. The number of nitrogens with zero attached hydrogens (tertiary/aromatic N) is 3. The highest BCUT2D eigenvalue weighted by Crippen LogP contribution is 2.25. The summed E-state index contributed by atoms with van der Waals surface area (Å²) in [6.45, 7) is 11.4. The lowest BCUT2D eigenvalue weighted by Gasteiger charge is -2.11. The first kappa shape index (κ1) is 21.9. The van der Waals surface area contributed by atoms with Crippen molar-refractivity contribution >= 4 is 17.4 Å². The molecule has 2 heterocycles. The molecule has 0 bridgehead atoms. The number of hydrogen-bond acceptors (Lipinski definition) is 4. The van der Waals surface area contributed by atoms with Crippen LogP contribution in [0.5, 0.6) is 0 Å². The predicted octanol–water partition coefficient (Wildman–Crippen LogP) is 4.75. The maximum Gasteiger partial charge on any atom is 0.251 e. The second-order valence-electron chi connectivity index (χ2n) is 9.91. The Hall–Kier alpha value is -3.33. The fourth-order valence-electron chi connectivity index (χ4n) is 3.22. The van der Waals surface area contributed by atoms with Crippen LogP contribution in [-0.4, -0.2) is 32.9 Å². The van der Waals surface area contributed by atoms with E-state index < -0.39 is 0 Å². The van der Waals surface area contributed by atoms with Crippen LogP contribution in [0.25, 0.3) is 16.9 Å². The molecule has 32 heavy (non-hydrogen) atoms. The zero-order chi connectivity index (χ0) is 22.9. The zero-order valence-electron chi connectivity index (χ0n) is 19.5. The van der Waals surface area contributed by atoms with E-state index in [4.69, 9.17) is 4.98 Å². The highest BCUT2D eigenvalue weighted by molar-refractivity contribution is 5.95. The zero-order valence-corrected chi connectivity index (χ0v) is 19.5. The van der Waals surface area contributed by atoms with E-state index in [9.17, 15) is 4.79 Å². The van der Waals surface area contributed by atoms with Crippen molar-refractivity contribution in [3.63, 3.8) is 0 Å². The van der Waals surface area contributed by atoms with Gasteiger partial charge < -0.3 is 10.6 Å². The summed E-state index contributed by atoms with van der Waals surface area (Å²) in [5.41, 5.74) is 3.93. The normalized spacial score (nSPS) is 13.7. The average Bonchev–Trinajstić information content (AvgIpc) is 3.45. The van der Waals surface area contributed by atoms with E-state index >= 15 is 0 Å². The summed E-state index contributed by atoms with van der Waals surface area (Å²) in [6, 6.07) is 8.01. The third kappa shape index (κ3) is 5.28. The SMILES string of the molecule is CC(C)CNc1nc(C#CC(C)(C)C)cn2c(-c3ccc(C(=O)NC4CC4)cc3)cnc12. The summed E-state index contributed by atoms with van der Waals surface area (Å²) in [4.78, 5) is 21.7. The smallest absolute Gasteiger partial charge is 0.251 e. The van der Waals surface area contributed by atoms with Crippen LogP contribution in [0.2, 0.25) is 0 Å². The molecule has 1 aromatic carbocycles. The third-order valence-corrected chi connectivity index (χ3v) is 5.09. The summed E-state index contributed by atoms with van der Waals surface area (Å²) in [5, 5.41) is 6.45. The van der Waals surface area contributed by atoms with Gasteiger partial charge in [0.15, 0.2) is 11.5 Å². The Balaban J connectivity index is 1.71. The molecule has 1 fully saturated rings. The van der Waals surface area contributed by atoms with E-state index in [1.54, 1.807) is 0 Å². The molecule has 0 radical (unpaired) electrons. The molecule has 6 nitrogen and oxygen atoms in total. The van der Waals surface area contributed by atoms with E-state index in [0.29, 0.717) is 23.2 Å². The van der Waals surface area contributed by atoms with Gasteiger partial charge in [-0.3, -0.25) is 9.20 Å². The van der Waals surface area contributed by atoms with Gasteiger partial charge in [0, 0.05) is 35.3 Å². The van der Waals surface area contributed by atoms with Crippen molar-refractivity contribution in [2.75, 3.05) is 11.9 Å². The van der Waals surface area contributed by atoms with Gasteiger partial charge in [0.25, 0.3) is 5.91 Å². The van der Waals surface area contributed by atoms with Gasteiger partial charge in [-0.2, -0.15) is 0 Å². The highest BCUT2D eigenvalue weighted by Gasteiger charge is 2.23. The Labute approximate surface area is 189 Å². The summed E-state index contributed by atoms with van der Waals surface area (Å²) >= 11 is 0. The Morgan fingerprint density at radius 3 is 2.56 bits per heavy atom. The molecule has 3 aromatic rings. The molecule has 166 valence electrons. The number of benzene rings is 1. The quantitative estimate of drug-likeness (QED) is 0.555. The first-order valence-electron chi connectivity index (χ1n) is 11.3. The molecular formula is C26H31N5O. The van der Waals surface area contributed by atoms with Crippen LogP contribution >= 0.6 is 0 Å². The summed E-state index contributed by atoms with van der Waals surface area (Å²) in [7, 11) is 0. The number of rotatable bonds is 6. The minimum atomic E-state index is -0.114. The molecule has 1 aliphatic carbocycles. The molecule has 0 saturated heterocycles. The van der Waals surface area contributed by atoms with Gasteiger partial charge in [-0.05, 0) is 57.6 Å². The highest BCUT2D eigenvalue weighted by atomic mass is 16.1. The van der Waals surface area contributed by atoms with Crippen LogP contribution in [0.15, 0.2) is 36.7 Å². The van der Waals surface area contributed by atoms with Gasteiger partial charge in [0.2, 0.25) is 0 Å². The number of amides is 1. The number of imidazole rings is 1. The van der Waals surface area contributed by atoms with E-state index in [1.807, 2.05) is 41.1 Å². The van der Waals surface area contributed by atoms with Gasteiger partial charge in [-0.1, -0.05) is 31.9 Å². The number of hydrogen-bond donors (Lipinski definition) is 2. The summed E-state index contributed by atoms with van der Waals surface area (Å²) in [6.07, 6.45) is 5.93. The van der Waals surface area contributed by atoms with Gasteiger partial charge in [0.1, 0.15) is 5.69 Å². The summed E-state index contributed by atoms with van der Waals surface area (Å²) < 4.78 is 2.03. The largest absolute Gasteiger partial charge is 0.367 e. The number of carbonyl (C=O) groups is 1. The Bertz CT molecular complexity index is 1190. The predicted molar refractivity (Wildman–Crippen MR) is 129 cm³/mol. The van der Waals surface area contributed by atoms with Crippen LogP contribution in [0.4, 0.5) is 5.82 Å². The van der Waals surface area contributed by atoms with Crippen molar-refractivity contribution in [1.82, 2.24) is 19.7 Å². The lowest BCUT2D eigenvalue weighted by molar-refractivity contribution is 0.0951. The fraction of sp³-hybridized carbons (Fsp3) is 0.423. The first-order valence-corrected chi connectivity index (χ1v) is 11.3. The first-order chi connectivity index (χ1) is 15.2. The number of aromatic nitrogens is 3. The fourth-order valence-corrected chi connectivity index (χ4v) is 3.22. The van der Waals surface area contributed by atoms with Gasteiger partial charge in [-0.25, -0.2) is 9.97 Å². The van der Waals surface area contributed by atoms with E-state index in [-0.39, 0.29) is 11.3 Å². The number of fused-ring (bicyclic) bond motifs is 1. The molecule has 4 rings (SSSR count). The average molecular weight is 430 g/mol. The Kier molecular flexibility index (Phi) is 5.92. The van der Waals surface area contributed by atoms with Crippen LogP contribution < -0.4 is 10.6 Å². The van der Waals surface area contributed by atoms with Crippen molar-refractivity contribution in [3.05, 3.63) is 47.9 Å². The van der Waals surface area contributed by atoms with Crippen molar-refractivity contribution < 1.29 is 4.79 Å². The van der Waals surface area contributed by atoms with Crippen molar-refractivity contribution in [2.45, 2.75) is 53.5 Å². The molecule has 0 spiro atoms. The monoisotopic (exact) mass is 429 g/mol. The molecule has 0 atom stereocenters. The third-order valence-electron chi connectivity index (χ3n) is 5.09. The van der Waals surface area contributed by atoms with Crippen LogP contribution in [0.1, 0.15) is 63.5 Å². The van der Waals surface area contributed by atoms with E-state index in [2.05, 4.69) is 62.1 Å². The molecule has 0 unspecified atom stereocenters. The minimum Gasteiger partial charge on any atom is -0.367 e. The van der Waals surface area contributed by atoms with Crippen LogP contribution in [0, 0.1) is 23.2 Å². The molecule has 1 aliphatic rings. The topological polar surface area (TPSA) is 71.3 Å². The number of anilines is 1. The maximum atomic E-state index is 12.3. The lowest BCUT2D eigenvalue weighted by atomic mass is 9.98. The van der Waals surface area contributed by atoms with Gasteiger partial charge in [0.05, 0.1) is 11.9 Å². The van der Waals surface area contributed by atoms with Crippen molar-refractivity contribution in [2.24, 2.45) is 11.3 Å². The number of nitrogens with one attached hydrogen (secondary N) is 2. The molecule has 0 aliphatic heterocycles. The van der Waals surface area contributed by atoms with Crippen molar-refractivity contribution in [3.8, 4) is 23.1 Å².